The zero-order valence-corrected chi connectivity index (χ0v) is 12.2. The van der Waals surface area contributed by atoms with E-state index in [4.69, 9.17) is 5.11 Å². The van der Waals surface area contributed by atoms with Crippen LogP contribution in [0.1, 0.15) is 33.6 Å². The van der Waals surface area contributed by atoms with E-state index >= 15 is 0 Å². The molecule has 1 aliphatic rings. The van der Waals surface area contributed by atoms with E-state index in [1.807, 2.05) is 0 Å². The molecule has 0 radical (unpaired) electrons. The van der Waals surface area contributed by atoms with E-state index in [1.165, 1.54) is 0 Å². The quantitative estimate of drug-likeness (QED) is 0.681. The van der Waals surface area contributed by atoms with Gasteiger partial charge >= 0.3 is 12.0 Å². The third-order valence-electron chi connectivity index (χ3n) is 3.36. The zero-order chi connectivity index (χ0) is 15.3. The number of urea groups is 1. The number of nitrogens with one attached hydrogen (secondary N) is 2. The molecular weight excluding hydrogens is 262 g/mol. The summed E-state index contributed by atoms with van der Waals surface area (Å²) < 4.78 is 0. The average molecular weight is 285 g/mol. The monoisotopic (exact) mass is 285 g/mol. The first-order chi connectivity index (χ1) is 9.32. The van der Waals surface area contributed by atoms with Gasteiger partial charge in [0.05, 0.1) is 0 Å². The number of hydrogen-bond donors (Lipinski definition) is 3. The van der Waals surface area contributed by atoms with Gasteiger partial charge in [-0.25, -0.2) is 9.59 Å². The Kier molecular flexibility index (Phi) is 5.79. The van der Waals surface area contributed by atoms with Crippen molar-refractivity contribution in [2.45, 2.75) is 45.7 Å². The molecule has 1 fully saturated rings. The van der Waals surface area contributed by atoms with Gasteiger partial charge in [0.25, 0.3) is 0 Å². The molecule has 0 bridgehead atoms. The molecule has 0 aliphatic carbocycles. The van der Waals surface area contributed by atoms with Crippen molar-refractivity contribution in [3.8, 4) is 0 Å². The fourth-order valence-electron chi connectivity index (χ4n) is 2.17. The molecule has 0 aromatic rings. The molecule has 114 valence electrons. The van der Waals surface area contributed by atoms with Gasteiger partial charge in [-0.1, -0.05) is 13.8 Å². The van der Waals surface area contributed by atoms with Crippen molar-refractivity contribution in [1.82, 2.24) is 15.5 Å². The first kappa shape index (κ1) is 16.3. The minimum absolute atomic E-state index is 0.130. The summed E-state index contributed by atoms with van der Waals surface area (Å²) in [4.78, 5) is 36.4. The van der Waals surface area contributed by atoms with Gasteiger partial charge in [-0.2, -0.15) is 0 Å². The maximum atomic E-state index is 12.0. The van der Waals surface area contributed by atoms with E-state index in [9.17, 15) is 14.4 Å². The normalized spacial score (nSPS) is 17.7. The van der Waals surface area contributed by atoms with Crippen LogP contribution in [-0.4, -0.2) is 53.1 Å². The van der Waals surface area contributed by atoms with E-state index in [1.54, 1.807) is 25.7 Å². The smallest absolute Gasteiger partial charge is 0.326 e. The second-order valence-electron chi connectivity index (χ2n) is 5.43. The highest BCUT2D eigenvalue weighted by Gasteiger charge is 2.27. The van der Waals surface area contributed by atoms with Crippen molar-refractivity contribution in [3.63, 3.8) is 0 Å². The number of aliphatic carboxylic acids is 1. The molecule has 3 amide bonds. The van der Waals surface area contributed by atoms with Crippen molar-refractivity contribution in [2.24, 2.45) is 5.92 Å². The molecule has 2 atom stereocenters. The fraction of sp³-hybridized carbons (Fsp3) is 0.769. The second-order valence-corrected chi connectivity index (χ2v) is 5.43. The minimum atomic E-state index is -1.09. The summed E-state index contributed by atoms with van der Waals surface area (Å²) in [5.41, 5.74) is 0. The van der Waals surface area contributed by atoms with Crippen LogP contribution in [0.5, 0.6) is 0 Å². The Labute approximate surface area is 118 Å². The van der Waals surface area contributed by atoms with Crippen LogP contribution in [0.3, 0.4) is 0 Å². The lowest BCUT2D eigenvalue weighted by atomic mass is 10.1. The molecule has 0 saturated carbocycles. The lowest BCUT2D eigenvalue weighted by Gasteiger charge is -2.23. The molecule has 3 N–H and O–H groups in total. The van der Waals surface area contributed by atoms with Gasteiger partial charge in [-0.15, -0.1) is 0 Å². The van der Waals surface area contributed by atoms with Gasteiger partial charge in [0.1, 0.15) is 12.1 Å². The van der Waals surface area contributed by atoms with Crippen molar-refractivity contribution >= 4 is 17.9 Å². The van der Waals surface area contributed by atoms with Crippen LogP contribution in [0.2, 0.25) is 0 Å². The van der Waals surface area contributed by atoms with Crippen molar-refractivity contribution in [3.05, 3.63) is 0 Å². The topological polar surface area (TPSA) is 98.7 Å². The lowest BCUT2D eigenvalue weighted by Crippen LogP contribution is -2.53. The lowest BCUT2D eigenvalue weighted by molar-refractivity contribution is -0.140. The highest BCUT2D eigenvalue weighted by atomic mass is 16.4. The predicted molar refractivity (Wildman–Crippen MR) is 73.2 cm³/mol. The van der Waals surface area contributed by atoms with E-state index in [-0.39, 0.29) is 11.8 Å². The summed E-state index contributed by atoms with van der Waals surface area (Å²) in [5.74, 6) is -1.45. The molecule has 1 aliphatic heterocycles. The van der Waals surface area contributed by atoms with Crippen LogP contribution in [0.15, 0.2) is 0 Å². The van der Waals surface area contributed by atoms with Crippen LogP contribution in [-0.2, 0) is 9.59 Å². The first-order valence-corrected chi connectivity index (χ1v) is 6.91. The van der Waals surface area contributed by atoms with Crippen molar-refractivity contribution in [1.29, 1.82) is 0 Å². The number of likely N-dealkylation sites (tertiary alicyclic amines) is 1. The largest absolute Gasteiger partial charge is 0.480 e. The number of carboxylic acids is 1. The molecule has 7 heteroatoms. The molecule has 7 nitrogen and oxygen atoms in total. The fourth-order valence-corrected chi connectivity index (χ4v) is 2.17. The standard InChI is InChI=1S/C13H23N3O4/c1-8(2)10(12(18)19)15-13(20)14-9(3)11(17)16-6-4-5-7-16/h8-10H,4-7H2,1-3H3,(H,18,19)(H2,14,15,20)/t9?,10-/m1/s1. The van der Waals surface area contributed by atoms with Gasteiger partial charge in [-0.05, 0) is 25.7 Å². The molecule has 20 heavy (non-hydrogen) atoms. The Hall–Kier alpha value is -1.79. The van der Waals surface area contributed by atoms with Gasteiger partial charge in [-0.3, -0.25) is 4.79 Å². The van der Waals surface area contributed by atoms with Crippen LogP contribution in [0.4, 0.5) is 4.79 Å². The molecule has 1 saturated heterocycles. The maximum absolute atomic E-state index is 12.0. The molecule has 1 unspecified atom stereocenters. The molecule has 1 heterocycles. The number of rotatable bonds is 5. The second kappa shape index (κ2) is 7.12. The summed E-state index contributed by atoms with van der Waals surface area (Å²) in [6, 6.07) is -2.26. The third-order valence-corrected chi connectivity index (χ3v) is 3.36. The summed E-state index contributed by atoms with van der Waals surface area (Å²) in [6.07, 6.45) is 1.97. The van der Waals surface area contributed by atoms with Crippen molar-refractivity contribution < 1.29 is 19.5 Å². The van der Waals surface area contributed by atoms with E-state index in [0.29, 0.717) is 0 Å². The summed E-state index contributed by atoms with van der Waals surface area (Å²) in [5, 5.41) is 13.9. The third kappa shape index (κ3) is 4.40. The number of carbonyl (C=O) groups is 3. The predicted octanol–water partition coefficient (Wildman–Crippen LogP) is 0.406. The van der Waals surface area contributed by atoms with E-state index in [0.717, 1.165) is 25.9 Å². The van der Waals surface area contributed by atoms with Crippen LogP contribution < -0.4 is 10.6 Å². The molecule has 0 aromatic carbocycles. The van der Waals surface area contributed by atoms with E-state index < -0.39 is 24.1 Å². The van der Waals surface area contributed by atoms with Crippen molar-refractivity contribution in [2.75, 3.05) is 13.1 Å². The SMILES string of the molecule is CC(NC(=O)N[C@@H](C(=O)O)C(C)C)C(=O)N1CCCC1. The summed E-state index contributed by atoms with van der Waals surface area (Å²) in [7, 11) is 0. The summed E-state index contributed by atoms with van der Waals surface area (Å²) >= 11 is 0. The van der Waals surface area contributed by atoms with E-state index in [2.05, 4.69) is 10.6 Å². The number of carbonyl (C=O) groups excluding carboxylic acids is 2. The van der Waals surface area contributed by atoms with Gasteiger partial charge in [0.15, 0.2) is 0 Å². The average Bonchev–Trinajstić information content (AvgIpc) is 2.87. The zero-order valence-electron chi connectivity index (χ0n) is 12.2. The first-order valence-electron chi connectivity index (χ1n) is 6.91. The van der Waals surface area contributed by atoms with Crippen LogP contribution >= 0.6 is 0 Å². The Morgan fingerprint density at radius 3 is 2.05 bits per heavy atom. The highest BCUT2D eigenvalue weighted by Crippen LogP contribution is 2.09. The Balaban J connectivity index is 2.48. The van der Waals surface area contributed by atoms with Gasteiger partial charge < -0.3 is 20.6 Å². The Morgan fingerprint density at radius 2 is 1.60 bits per heavy atom. The number of carboxylic acid groups (broad SMARTS) is 1. The number of hydrogen-bond acceptors (Lipinski definition) is 3. The maximum Gasteiger partial charge on any atom is 0.326 e. The van der Waals surface area contributed by atoms with Gasteiger partial charge in [0.2, 0.25) is 5.91 Å². The van der Waals surface area contributed by atoms with Crippen LogP contribution in [0.25, 0.3) is 0 Å². The Bertz CT molecular complexity index is 378. The highest BCUT2D eigenvalue weighted by molar-refractivity contribution is 5.88. The molecule has 0 aromatic heterocycles. The van der Waals surface area contributed by atoms with Crippen LogP contribution in [0, 0.1) is 5.92 Å². The molecule has 0 spiro atoms. The molecule has 1 rings (SSSR count). The number of nitrogens with zero attached hydrogens (tertiary/aromatic N) is 1. The van der Waals surface area contributed by atoms with Gasteiger partial charge in [0, 0.05) is 13.1 Å². The minimum Gasteiger partial charge on any atom is -0.480 e. The Morgan fingerprint density at radius 1 is 1.05 bits per heavy atom. The summed E-state index contributed by atoms with van der Waals surface area (Å²) in [6.45, 7) is 6.45. The number of amides is 3. The molecular formula is C13H23N3O4.